The Morgan fingerprint density at radius 1 is 1.16 bits per heavy atom. The Hall–Kier alpha value is -1.86. The fourth-order valence-electron chi connectivity index (χ4n) is 3.12. The van der Waals surface area contributed by atoms with Gasteiger partial charge in [-0.25, -0.2) is 8.42 Å². The molecule has 130 valence electrons. The minimum atomic E-state index is -3.67. The van der Waals surface area contributed by atoms with Crippen LogP contribution in [-0.4, -0.2) is 20.9 Å². The van der Waals surface area contributed by atoms with Gasteiger partial charge in [0, 0.05) is 28.3 Å². The third kappa shape index (κ3) is 3.18. The van der Waals surface area contributed by atoms with Gasteiger partial charge < -0.3 is 4.90 Å². The van der Waals surface area contributed by atoms with Crippen molar-refractivity contribution in [3.8, 4) is 0 Å². The Kier molecular flexibility index (Phi) is 4.08. The Labute approximate surface area is 155 Å². The minimum Gasteiger partial charge on any atom is -0.312 e. The number of hydrogen-bond acceptors (Lipinski definition) is 3. The molecule has 5 nitrogen and oxygen atoms in total. The maximum Gasteiger partial charge on any atom is 0.263 e. The van der Waals surface area contributed by atoms with Crippen LogP contribution in [0.2, 0.25) is 0 Å². The first-order valence-electron chi connectivity index (χ1n) is 8.17. The van der Waals surface area contributed by atoms with Crippen molar-refractivity contribution in [1.82, 2.24) is 0 Å². The number of fused-ring (bicyclic) bond motifs is 1. The number of carbonyl (C=O) groups is 1. The second kappa shape index (κ2) is 6.14. The van der Waals surface area contributed by atoms with Crippen LogP contribution < -0.4 is 9.62 Å². The number of hydrogen-bond donors (Lipinski definition) is 1. The SMILES string of the molecule is O=C(C1CC1)N1CCc2cc(NS(=O)(=O)c3ccccc3Br)ccc21. The zero-order valence-corrected chi connectivity index (χ0v) is 15.8. The van der Waals surface area contributed by atoms with E-state index in [4.69, 9.17) is 0 Å². The summed E-state index contributed by atoms with van der Waals surface area (Å²) in [7, 11) is -3.67. The molecule has 7 heteroatoms. The molecule has 1 aliphatic heterocycles. The Morgan fingerprint density at radius 3 is 2.64 bits per heavy atom. The molecule has 4 rings (SSSR count). The van der Waals surface area contributed by atoms with Crippen LogP contribution in [0, 0.1) is 5.92 Å². The zero-order chi connectivity index (χ0) is 17.6. The first-order valence-corrected chi connectivity index (χ1v) is 10.4. The molecule has 1 heterocycles. The monoisotopic (exact) mass is 420 g/mol. The van der Waals surface area contributed by atoms with Gasteiger partial charge in [0.25, 0.3) is 10.0 Å². The molecule has 2 aliphatic rings. The van der Waals surface area contributed by atoms with Gasteiger partial charge in [0.1, 0.15) is 4.90 Å². The minimum absolute atomic E-state index is 0.180. The summed E-state index contributed by atoms with van der Waals surface area (Å²) in [5, 5.41) is 0. The molecule has 0 radical (unpaired) electrons. The first-order chi connectivity index (χ1) is 12.0. The van der Waals surface area contributed by atoms with Gasteiger partial charge in [-0.1, -0.05) is 12.1 Å². The fraction of sp³-hybridized carbons (Fsp3) is 0.278. The molecule has 2 aromatic rings. The Bertz CT molecular complexity index is 955. The molecule has 25 heavy (non-hydrogen) atoms. The maximum absolute atomic E-state index is 12.6. The topological polar surface area (TPSA) is 66.5 Å². The van der Waals surface area contributed by atoms with Crippen molar-refractivity contribution in [2.24, 2.45) is 5.92 Å². The number of halogens is 1. The van der Waals surface area contributed by atoms with Gasteiger partial charge >= 0.3 is 0 Å². The Balaban J connectivity index is 1.59. The lowest BCUT2D eigenvalue weighted by molar-refractivity contribution is -0.119. The van der Waals surface area contributed by atoms with E-state index in [1.165, 1.54) is 0 Å². The predicted octanol–water partition coefficient (Wildman–Crippen LogP) is 3.55. The van der Waals surface area contributed by atoms with Gasteiger partial charge in [0.2, 0.25) is 5.91 Å². The highest BCUT2D eigenvalue weighted by Crippen LogP contribution is 2.37. The molecule has 0 unspecified atom stereocenters. The summed E-state index contributed by atoms with van der Waals surface area (Å²) in [5.41, 5.74) is 2.41. The van der Waals surface area contributed by atoms with E-state index < -0.39 is 10.0 Å². The van der Waals surface area contributed by atoms with E-state index in [2.05, 4.69) is 20.7 Å². The van der Waals surface area contributed by atoms with Gasteiger partial charge in [-0.2, -0.15) is 0 Å². The molecule has 0 spiro atoms. The highest BCUT2D eigenvalue weighted by molar-refractivity contribution is 9.10. The van der Waals surface area contributed by atoms with E-state index in [0.29, 0.717) is 16.7 Å². The third-order valence-corrected chi connectivity index (χ3v) is 6.94. The van der Waals surface area contributed by atoms with Crippen LogP contribution in [0.4, 0.5) is 11.4 Å². The number of nitrogens with one attached hydrogen (secondary N) is 1. The third-order valence-electron chi connectivity index (χ3n) is 4.55. The van der Waals surface area contributed by atoms with Crippen molar-refractivity contribution in [3.63, 3.8) is 0 Å². The normalized spacial score (nSPS) is 16.6. The summed E-state index contributed by atoms with van der Waals surface area (Å²) in [6.45, 7) is 0.672. The molecule has 1 saturated carbocycles. The summed E-state index contributed by atoms with van der Waals surface area (Å²) < 4.78 is 28.3. The quantitative estimate of drug-likeness (QED) is 0.821. The average Bonchev–Trinajstić information content (AvgIpc) is 3.34. The van der Waals surface area contributed by atoms with Gasteiger partial charge in [-0.05, 0) is 71.1 Å². The van der Waals surface area contributed by atoms with Crippen LogP contribution in [0.25, 0.3) is 0 Å². The van der Waals surface area contributed by atoms with Crippen LogP contribution in [0.3, 0.4) is 0 Å². The average molecular weight is 421 g/mol. The predicted molar refractivity (Wildman–Crippen MR) is 100 cm³/mol. The zero-order valence-electron chi connectivity index (χ0n) is 13.4. The molecule has 0 bridgehead atoms. The highest BCUT2D eigenvalue weighted by atomic mass is 79.9. The van der Waals surface area contributed by atoms with Crippen molar-refractivity contribution >= 4 is 43.2 Å². The van der Waals surface area contributed by atoms with Crippen molar-refractivity contribution < 1.29 is 13.2 Å². The van der Waals surface area contributed by atoms with Crippen LogP contribution in [0.5, 0.6) is 0 Å². The van der Waals surface area contributed by atoms with Gasteiger partial charge in [-0.15, -0.1) is 0 Å². The number of rotatable bonds is 4. The summed E-state index contributed by atoms with van der Waals surface area (Å²) in [4.78, 5) is 14.3. The standard InChI is InChI=1S/C18H17BrN2O3S/c19-15-3-1-2-4-17(15)25(23,24)20-14-7-8-16-13(11-14)9-10-21(16)18(22)12-5-6-12/h1-4,7-8,11-12,20H,5-6,9-10H2. The van der Waals surface area contributed by atoms with Gasteiger partial charge in [0.15, 0.2) is 0 Å². The Morgan fingerprint density at radius 2 is 1.92 bits per heavy atom. The van der Waals surface area contributed by atoms with Crippen LogP contribution in [0.1, 0.15) is 18.4 Å². The van der Waals surface area contributed by atoms with Crippen molar-refractivity contribution in [2.75, 3.05) is 16.2 Å². The van der Waals surface area contributed by atoms with Crippen LogP contribution in [0.15, 0.2) is 51.8 Å². The summed E-state index contributed by atoms with van der Waals surface area (Å²) >= 11 is 3.28. The van der Waals surface area contributed by atoms with Gasteiger partial charge in [0.05, 0.1) is 0 Å². The molecular weight excluding hydrogens is 404 g/mol. The lowest BCUT2D eigenvalue weighted by atomic mass is 10.1. The first kappa shape index (κ1) is 16.6. The molecule has 2 aromatic carbocycles. The number of sulfonamides is 1. The molecule has 0 atom stereocenters. The molecule has 1 N–H and O–H groups in total. The van der Waals surface area contributed by atoms with Crippen molar-refractivity contribution in [2.45, 2.75) is 24.2 Å². The maximum atomic E-state index is 12.6. The molecule has 0 saturated heterocycles. The van der Waals surface area contributed by atoms with E-state index in [9.17, 15) is 13.2 Å². The molecule has 0 aromatic heterocycles. The summed E-state index contributed by atoms with van der Waals surface area (Å²) in [6, 6.07) is 12.1. The number of carbonyl (C=O) groups excluding carboxylic acids is 1. The number of anilines is 2. The summed E-state index contributed by atoms with van der Waals surface area (Å²) in [5.74, 6) is 0.375. The molecule has 1 amide bonds. The molecule has 1 aliphatic carbocycles. The highest BCUT2D eigenvalue weighted by Gasteiger charge is 2.36. The number of nitrogens with zero attached hydrogens (tertiary/aromatic N) is 1. The van der Waals surface area contributed by atoms with Gasteiger partial charge in [-0.3, -0.25) is 9.52 Å². The second-order valence-electron chi connectivity index (χ2n) is 6.39. The lowest BCUT2D eigenvalue weighted by Gasteiger charge is -2.17. The van der Waals surface area contributed by atoms with Crippen molar-refractivity contribution in [1.29, 1.82) is 0 Å². The fourth-order valence-corrected chi connectivity index (χ4v) is 5.17. The van der Waals surface area contributed by atoms with Crippen LogP contribution >= 0.6 is 15.9 Å². The van der Waals surface area contributed by atoms with Crippen LogP contribution in [-0.2, 0) is 21.2 Å². The number of amides is 1. The van der Waals surface area contributed by atoms with E-state index >= 15 is 0 Å². The smallest absolute Gasteiger partial charge is 0.263 e. The molecular formula is C18H17BrN2O3S. The van der Waals surface area contributed by atoms with E-state index in [-0.39, 0.29) is 16.7 Å². The van der Waals surface area contributed by atoms with E-state index in [1.807, 2.05) is 17.0 Å². The summed E-state index contributed by atoms with van der Waals surface area (Å²) in [6.07, 6.45) is 2.71. The largest absolute Gasteiger partial charge is 0.312 e. The second-order valence-corrected chi connectivity index (χ2v) is 8.90. The molecule has 1 fully saturated rings. The van der Waals surface area contributed by atoms with E-state index in [1.54, 1.807) is 30.3 Å². The van der Waals surface area contributed by atoms with Crippen molar-refractivity contribution in [3.05, 3.63) is 52.5 Å². The lowest BCUT2D eigenvalue weighted by Crippen LogP contribution is -2.30. The van der Waals surface area contributed by atoms with E-state index in [0.717, 1.165) is 30.5 Å². The number of benzene rings is 2.